The normalized spacial score (nSPS) is 11.8. The lowest BCUT2D eigenvalue weighted by Crippen LogP contribution is -2.26. The van der Waals surface area contributed by atoms with E-state index in [1.165, 1.54) is 12.1 Å². The summed E-state index contributed by atoms with van der Waals surface area (Å²) in [5.74, 6) is 0. The molecule has 0 aliphatic heterocycles. The number of nitrogens with one attached hydrogen (secondary N) is 1. The van der Waals surface area contributed by atoms with Crippen LogP contribution in [0.1, 0.15) is 18.9 Å². The molecule has 0 radical (unpaired) electrons. The van der Waals surface area contributed by atoms with Gasteiger partial charge in [-0.05, 0) is 31.0 Å². The van der Waals surface area contributed by atoms with Crippen LogP contribution in [0, 0.1) is 0 Å². The first kappa shape index (κ1) is 17.7. The summed E-state index contributed by atoms with van der Waals surface area (Å²) < 4.78 is 31.9. The molecule has 3 N–H and O–H groups in total. The largest absolute Gasteiger partial charge is 0.382 e. The molecule has 20 heavy (non-hydrogen) atoms. The fraction of sp³-hybridized carbons (Fsp3) is 0.500. The van der Waals surface area contributed by atoms with Gasteiger partial charge in [0.15, 0.2) is 0 Å². The van der Waals surface area contributed by atoms with Crippen LogP contribution in [0.3, 0.4) is 0 Å². The maximum absolute atomic E-state index is 12.1. The van der Waals surface area contributed by atoms with Gasteiger partial charge in [0.25, 0.3) is 0 Å². The first-order chi connectivity index (χ1) is 9.42. The maximum atomic E-state index is 12.1. The molecule has 8 heteroatoms. The van der Waals surface area contributed by atoms with E-state index < -0.39 is 10.0 Å². The molecule has 0 bridgehead atoms. The van der Waals surface area contributed by atoms with Crippen molar-refractivity contribution in [3.63, 3.8) is 0 Å². The Kier molecular flexibility index (Phi) is 7.22. The standard InChI is InChI=1S/C12H18Cl2N2O3S/c1-2-19-5-3-4-16-20(17,18)12-6-9(8-15)10(13)7-11(12)14/h6-7,16H,2-5,8,15H2,1H3. The Labute approximate surface area is 129 Å². The molecular weight excluding hydrogens is 323 g/mol. The second-order valence-corrected chi connectivity index (χ2v) is 6.58. The van der Waals surface area contributed by atoms with Crippen molar-refractivity contribution in [2.45, 2.75) is 24.8 Å². The monoisotopic (exact) mass is 340 g/mol. The summed E-state index contributed by atoms with van der Waals surface area (Å²) in [5, 5.41) is 0.428. The van der Waals surface area contributed by atoms with Crippen LogP contribution in [0.2, 0.25) is 10.0 Å². The molecule has 0 aliphatic carbocycles. The molecule has 5 nitrogen and oxygen atoms in total. The molecule has 0 saturated heterocycles. The highest BCUT2D eigenvalue weighted by atomic mass is 35.5. The molecule has 0 atom stereocenters. The first-order valence-electron chi connectivity index (χ1n) is 6.17. The Morgan fingerprint density at radius 3 is 2.60 bits per heavy atom. The Morgan fingerprint density at radius 1 is 1.30 bits per heavy atom. The van der Waals surface area contributed by atoms with Crippen molar-refractivity contribution in [2.24, 2.45) is 5.73 Å². The molecule has 0 fully saturated rings. The summed E-state index contributed by atoms with van der Waals surface area (Å²) in [7, 11) is -3.68. The lowest BCUT2D eigenvalue weighted by atomic mass is 10.2. The van der Waals surface area contributed by atoms with Gasteiger partial charge in [-0.1, -0.05) is 23.2 Å². The predicted molar refractivity (Wildman–Crippen MR) is 80.7 cm³/mol. The van der Waals surface area contributed by atoms with Crippen LogP contribution in [0.25, 0.3) is 0 Å². The third kappa shape index (κ3) is 4.87. The van der Waals surface area contributed by atoms with Crippen LogP contribution in [0.5, 0.6) is 0 Å². The average molecular weight is 341 g/mol. The predicted octanol–water partition coefficient (Wildman–Crippen LogP) is 2.16. The molecule has 0 amide bonds. The van der Waals surface area contributed by atoms with Gasteiger partial charge in [0.1, 0.15) is 4.90 Å². The zero-order valence-electron chi connectivity index (χ0n) is 11.2. The van der Waals surface area contributed by atoms with Gasteiger partial charge in [-0.25, -0.2) is 13.1 Å². The number of halogens is 2. The van der Waals surface area contributed by atoms with Crippen molar-refractivity contribution in [2.75, 3.05) is 19.8 Å². The second kappa shape index (κ2) is 8.17. The second-order valence-electron chi connectivity index (χ2n) is 4.03. The van der Waals surface area contributed by atoms with Crippen LogP contribution in [-0.4, -0.2) is 28.2 Å². The summed E-state index contributed by atoms with van der Waals surface area (Å²) in [6, 6.07) is 2.79. The van der Waals surface area contributed by atoms with Crippen molar-refractivity contribution in [1.29, 1.82) is 0 Å². The van der Waals surface area contributed by atoms with Crippen LogP contribution >= 0.6 is 23.2 Å². The minimum atomic E-state index is -3.68. The minimum Gasteiger partial charge on any atom is -0.382 e. The maximum Gasteiger partial charge on any atom is 0.242 e. The fourth-order valence-corrected chi connectivity index (χ4v) is 3.48. The van der Waals surface area contributed by atoms with Crippen LogP contribution in [0.15, 0.2) is 17.0 Å². The van der Waals surface area contributed by atoms with E-state index in [9.17, 15) is 8.42 Å². The Bertz CT molecular complexity index is 550. The summed E-state index contributed by atoms with van der Waals surface area (Å²) in [5.41, 5.74) is 6.04. The van der Waals surface area contributed by atoms with Gasteiger partial charge in [0, 0.05) is 31.3 Å². The van der Waals surface area contributed by atoms with E-state index in [1.54, 1.807) is 0 Å². The Balaban J connectivity index is 2.82. The lowest BCUT2D eigenvalue weighted by Gasteiger charge is -2.11. The van der Waals surface area contributed by atoms with Crippen LogP contribution in [-0.2, 0) is 21.3 Å². The molecule has 1 rings (SSSR count). The number of hydrogen-bond acceptors (Lipinski definition) is 4. The number of sulfonamides is 1. The van der Waals surface area contributed by atoms with E-state index in [-0.39, 0.29) is 23.0 Å². The summed E-state index contributed by atoms with van der Waals surface area (Å²) >= 11 is 11.9. The topological polar surface area (TPSA) is 81.4 Å². The number of hydrogen-bond donors (Lipinski definition) is 2. The van der Waals surface area contributed by atoms with Gasteiger partial charge in [0.2, 0.25) is 10.0 Å². The van der Waals surface area contributed by atoms with Crippen LogP contribution in [0.4, 0.5) is 0 Å². The third-order valence-electron chi connectivity index (χ3n) is 2.57. The van der Waals surface area contributed by atoms with E-state index in [0.29, 0.717) is 30.2 Å². The quantitative estimate of drug-likeness (QED) is 0.710. The minimum absolute atomic E-state index is 0.0135. The number of nitrogens with two attached hydrogens (primary N) is 1. The molecule has 0 aliphatic rings. The Hall–Kier alpha value is -0.370. The van der Waals surface area contributed by atoms with Gasteiger partial charge in [-0.2, -0.15) is 0 Å². The van der Waals surface area contributed by atoms with Gasteiger partial charge >= 0.3 is 0 Å². The average Bonchev–Trinajstić information content (AvgIpc) is 2.38. The number of rotatable bonds is 8. The van der Waals surface area contributed by atoms with E-state index in [4.69, 9.17) is 33.7 Å². The molecule has 1 aromatic rings. The van der Waals surface area contributed by atoms with E-state index in [2.05, 4.69) is 4.72 Å². The molecule has 0 heterocycles. The highest BCUT2D eigenvalue weighted by molar-refractivity contribution is 7.89. The molecule has 0 saturated carbocycles. The zero-order chi connectivity index (χ0) is 15.2. The van der Waals surface area contributed by atoms with Crippen molar-refractivity contribution in [3.8, 4) is 0 Å². The van der Waals surface area contributed by atoms with Crippen molar-refractivity contribution in [3.05, 3.63) is 27.7 Å². The van der Waals surface area contributed by atoms with Crippen molar-refractivity contribution in [1.82, 2.24) is 4.72 Å². The smallest absolute Gasteiger partial charge is 0.242 e. The summed E-state index contributed by atoms with van der Waals surface area (Å²) in [6.45, 7) is 3.41. The molecule has 0 aromatic heterocycles. The van der Waals surface area contributed by atoms with Crippen molar-refractivity contribution < 1.29 is 13.2 Å². The number of ether oxygens (including phenoxy) is 1. The zero-order valence-corrected chi connectivity index (χ0v) is 13.5. The van der Waals surface area contributed by atoms with Gasteiger partial charge in [-0.3, -0.25) is 0 Å². The highest BCUT2D eigenvalue weighted by Gasteiger charge is 2.19. The van der Waals surface area contributed by atoms with Gasteiger partial charge in [0.05, 0.1) is 5.02 Å². The molecular formula is C12H18Cl2N2O3S. The van der Waals surface area contributed by atoms with Gasteiger partial charge in [-0.15, -0.1) is 0 Å². The van der Waals surface area contributed by atoms with E-state index >= 15 is 0 Å². The highest BCUT2D eigenvalue weighted by Crippen LogP contribution is 2.28. The number of benzene rings is 1. The summed E-state index contributed by atoms with van der Waals surface area (Å²) in [6.07, 6.45) is 0.585. The van der Waals surface area contributed by atoms with Crippen molar-refractivity contribution >= 4 is 33.2 Å². The summed E-state index contributed by atoms with van der Waals surface area (Å²) in [4.78, 5) is -0.0135. The molecule has 1 aromatic carbocycles. The first-order valence-corrected chi connectivity index (χ1v) is 8.41. The molecule has 0 unspecified atom stereocenters. The molecule has 114 valence electrons. The Morgan fingerprint density at radius 2 is 2.00 bits per heavy atom. The fourth-order valence-electron chi connectivity index (χ4n) is 1.54. The lowest BCUT2D eigenvalue weighted by molar-refractivity contribution is 0.146. The van der Waals surface area contributed by atoms with E-state index in [0.717, 1.165) is 0 Å². The van der Waals surface area contributed by atoms with E-state index in [1.807, 2.05) is 6.92 Å². The SMILES string of the molecule is CCOCCCNS(=O)(=O)c1cc(CN)c(Cl)cc1Cl. The molecule has 0 spiro atoms. The third-order valence-corrected chi connectivity index (χ3v) is 4.85. The van der Waals surface area contributed by atoms with Gasteiger partial charge < -0.3 is 10.5 Å². The van der Waals surface area contributed by atoms with Crippen LogP contribution < -0.4 is 10.5 Å².